The van der Waals surface area contributed by atoms with Crippen molar-refractivity contribution in [3.8, 4) is 5.75 Å². The van der Waals surface area contributed by atoms with E-state index in [1.54, 1.807) is 24.1 Å². The molecule has 0 aliphatic heterocycles. The average molecular weight is 369 g/mol. The van der Waals surface area contributed by atoms with Crippen LogP contribution in [0, 0.1) is 0 Å². The molecule has 0 heterocycles. The van der Waals surface area contributed by atoms with Crippen molar-refractivity contribution >= 4 is 23.5 Å². The Kier molecular flexibility index (Phi) is 8.03. The molecule has 0 saturated carbocycles. The number of benzene rings is 1. The molecule has 7 heteroatoms. The third kappa shape index (κ3) is 8.63. The van der Waals surface area contributed by atoms with Crippen LogP contribution in [0.25, 0.3) is 0 Å². The van der Waals surface area contributed by atoms with Crippen LogP contribution in [0.5, 0.6) is 5.75 Å². The Bertz CT molecular complexity index is 599. The maximum Gasteiger partial charge on any atom is 0.240 e. The third-order valence-corrected chi connectivity index (χ3v) is 3.38. The molecule has 0 aliphatic rings. The number of aliphatic imine (C=N–C) groups is 1. The quantitative estimate of drug-likeness (QED) is 0.598. The minimum absolute atomic E-state index is 0.0545. The fraction of sp³-hybridized carbons (Fsp3) is 0.556. The third-order valence-electron chi connectivity index (χ3n) is 3.15. The van der Waals surface area contributed by atoms with Gasteiger partial charge >= 0.3 is 0 Å². The Balaban J connectivity index is 2.48. The number of nitrogens with one attached hydrogen (secondary N) is 2. The van der Waals surface area contributed by atoms with E-state index in [1.165, 1.54) is 0 Å². The minimum Gasteiger partial charge on any atom is -0.489 e. The highest BCUT2D eigenvalue weighted by Gasteiger charge is 2.17. The molecule has 25 heavy (non-hydrogen) atoms. The first-order valence-electron chi connectivity index (χ1n) is 8.25. The number of likely N-dealkylation sites (N-methyl/N-ethyl adjacent to an activating group) is 1. The van der Waals surface area contributed by atoms with Crippen molar-refractivity contribution in [2.24, 2.45) is 4.99 Å². The lowest BCUT2D eigenvalue weighted by Crippen LogP contribution is -2.49. The summed E-state index contributed by atoms with van der Waals surface area (Å²) in [6, 6.07) is 7.28. The van der Waals surface area contributed by atoms with E-state index in [-0.39, 0.29) is 24.1 Å². The van der Waals surface area contributed by atoms with Crippen LogP contribution in [-0.2, 0) is 4.79 Å². The van der Waals surface area contributed by atoms with Crippen molar-refractivity contribution in [2.45, 2.75) is 39.3 Å². The summed E-state index contributed by atoms with van der Waals surface area (Å²) >= 11 is 5.95. The molecule has 1 rings (SSSR count). The van der Waals surface area contributed by atoms with E-state index in [4.69, 9.17) is 16.3 Å². The molecule has 2 N–H and O–H groups in total. The number of halogens is 1. The highest BCUT2D eigenvalue weighted by molar-refractivity contribution is 6.30. The molecule has 1 amide bonds. The van der Waals surface area contributed by atoms with Crippen LogP contribution in [0.1, 0.15) is 27.7 Å². The smallest absolute Gasteiger partial charge is 0.240 e. The van der Waals surface area contributed by atoms with Gasteiger partial charge in [-0.3, -0.25) is 9.79 Å². The molecule has 1 unspecified atom stereocenters. The lowest BCUT2D eigenvalue weighted by Gasteiger charge is -2.26. The van der Waals surface area contributed by atoms with Gasteiger partial charge in [-0.2, -0.15) is 0 Å². The van der Waals surface area contributed by atoms with Gasteiger partial charge in [0, 0.05) is 24.7 Å². The zero-order valence-corrected chi connectivity index (χ0v) is 16.6. The minimum atomic E-state index is -0.256. The largest absolute Gasteiger partial charge is 0.489 e. The van der Waals surface area contributed by atoms with Gasteiger partial charge < -0.3 is 20.3 Å². The predicted molar refractivity (Wildman–Crippen MR) is 103 cm³/mol. The normalized spacial score (nSPS) is 13.2. The summed E-state index contributed by atoms with van der Waals surface area (Å²) in [4.78, 5) is 18.0. The van der Waals surface area contributed by atoms with Crippen LogP contribution >= 0.6 is 11.6 Å². The van der Waals surface area contributed by atoms with Crippen molar-refractivity contribution in [3.05, 3.63) is 29.3 Å². The van der Waals surface area contributed by atoms with Gasteiger partial charge in [0.05, 0.1) is 13.1 Å². The molecule has 1 atom stereocenters. The Labute approximate surface area is 155 Å². The number of guanidine groups is 1. The zero-order chi connectivity index (χ0) is 19.0. The molecule has 0 radical (unpaired) electrons. The van der Waals surface area contributed by atoms with E-state index in [9.17, 15) is 4.79 Å². The molecule has 6 nitrogen and oxygen atoms in total. The first-order chi connectivity index (χ1) is 11.6. The molecule has 0 aliphatic carbocycles. The Hall–Kier alpha value is -1.95. The Morgan fingerprint density at radius 3 is 2.64 bits per heavy atom. The highest BCUT2D eigenvalue weighted by Crippen LogP contribution is 2.18. The molecule has 1 aromatic rings. The van der Waals surface area contributed by atoms with Gasteiger partial charge in [-0.1, -0.05) is 17.7 Å². The Morgan fingerprint density at radius 2 is 2.08 bits per heavy atom. The first kappa shape index (κ1) is 21.1. The van der Waals surface area contributed by atoms with Crippen molar-refractivity contribution in [3.63, 3.8) is 0 Å². The van der Waals surface area contributed by atoms with Crippen LogP contribution in [0.15, 0.2) is 29.3 Å². The number of nitrogens with zero attached hydrogens (tertiary/aromatic N) is 2. The van der Waals surface area contributed by atoms with E-state index < -0.39 is 0 Å². The van der Waals surface area contributed by atoms with Gasteiger partial charge in [0.15, 0.2) is 5.96 Å². The number of amides is 1. The van der Waals surface area contributed by atoms with Crippen LogP contribution < -0.4 is 15.4 Å². The second-order valence-electron chi connectivity index (χ2n) is 6.97. The topological polar surface area (TPSA) is 66.0 Å². The summed E-state index contributed by atoms with van der Waals surface area (Å²) in [7, 11) is 3.50. The fourth-order valence-electron chi connectivity index (χ4n) is 2.18. The summed E-state index contributed by atoms with van der Waals surface area (Å²) in [6.45, 7) is 8.57. The second kappa shape index (κ2) is 9.51. The number of rotatable bonds is 6. The van der Waals surface area contributed by atoms with E-state index in [1.807, 2.05) is 46.9 Å². The standard InChI is InChI=1S/C18H29ClN4O2/c1-13(25-15-9-7-8-14(19)10-15)11-21-17(20-5)23(6)12-16(24)22-18(2,3)4/h7-10,13H,11-12H2,1-6H3,(H,20,21)(H,22,24). The number of ether oxygens (including phenoxy) is 1. The molecule has 0 bridgehead atoms. The van der Waals surface area contributed by atoms with Crippen LogP contribution in [0.4, 0.5) is 0 Å². The first-order valence-corrected chi connectivity index (χ1v) is 8.63. The lowest BCUT2D eigenvalue weighted by atomic mass is 10.1. The van der Waals surface area contributed by atoms with Gasteiger partial charge in [-0.25, -0.2) is 0 Å². The van der Waals surface area contributed by atoms with Gasteiger partial charge in [0.1, 0.15) is 11.9 Å². The van der Waals surface area contributed by atoms with Gasteiger partial charge in [-0.15, -0.1) is 0 Å². The zero-order valence-electron chi connectivity index (χ0n) is 15.9. The molecule has 0 spiro atoms. The summed E-state index contributed by atoms with van der Waals surface area (Å²) in [5, 5.41) is 6.78. The van der Waals surface area contributed by atoms with Gasteiger partial charge in [0.25, 0.3) is 0 Å². The van der Waals surface area contributed by atoms with E-state index >= 15 is 0 Å². The van der Waals surface area contributed by atoms with Crippen LogP contribution in [-0.4, -0.2) is 55.6 Å². The number of carbonyl (C=O) groups is 1. The van der Waals surface area contributed by atoms with Crippen LogP contribution in [0.2, 0.25) is 5.02 Å². The molecule has 140 valence electrons. The van der Waals surface area contributed by atoms with Crippen molar-refractivity contribution in [2.75, 3.05) is 27.2 Å². The average Bonchev–Trinajstić information content (AvgIpc) is 2.45. The summed E-state index contributed by atoms with van der Waals surface area (Å²) in [6.07, 6.45) is -0.0907. The molecule has 0 aromatic heterocycles. The fourth-order valence-corrected chi connectivity index (χ4v) is 2.36. The molecule has 0 saturated heterocycles. The Morgan fingerprint density at radius 1 is 1.40 bits per heavy atom. The number of hydrogen-bond donors (Lipinski definition) is 2. The van der Waals surface area contributed by atoms with Gasteiger partial charge in [-0.05, 0) is 45.9 Å². The molecule has 0 fully saturated rings. The predicted octanol–water partition coefficient (Wildman–Crippen LogP) is 2.53. The van der Waals surface area contributed by atoms with Crippen molar-refractivity contribution in [1.82, 2.24) is 15.5 Å². The van der Waals surface area contributed by atoms with Crippen LogP contribution in [0.3, 0.4) is 0 Å². The number of hydrogen-bond acceptors (Lipinski definition) is 3. The van der Waals surface area contributed by atoms with E-state index in [0.717, 1.165) is 5.75 Å². The lowest BCUT2D eigenvalue weighted by molar-refractivity contribution is -0.122. The summed E-state index contributed by atoms with van der Waals surface area (Å²) in [5.41, 5.74) is -0.256. The van der Waals surface area contributed by atoms with Crippen molar-refractivity contribution in [1.29, 1.82) is 0 Å². The van der Waals surface area contributed by atoms with Crippen molar-refractivity contribution < 1.29 is 9.53 Å². The van der Waals surface area contributed by atoms with Gasteiger partial charge in [0.2, 0.25) is 5.91 Å². The maximum atomic E-state index is 12.0. The summed E-state index contributed by atoms with van der Waals surface area (Å²) in [5.74, 6) is 1.29. The summed E-state index contributed by atoms with van der Waals surface area (Å²) < 4.78 is 5.82. The molecular formula is C18H29ClN4O2. The van der Waals surface area contributed by atoms with E-state index in [2.05, 4.69) is 15.6 Å². The maximum absolute atomic E-state index is 12.0. The second-order valence-corrected chi connectivity index (χ2v) is 7.40. The monoisotopic (exact) mass is 368 g/mol. The molecular weight excluding hydrogens is 340 g/mol. The molecule has 1 aromatic carbocycles. The SMILES string of the molecule is CN=C(NCC(C)Oc1cccc(Cl)c1)N(C)CC(=O)NC(C)(C)C. The number of carbonyl (C=O) groups excluding carboxylic acids is 1. The van der Waals surface area contributed by atoms with E-state index in [0.29, 0.717) is 17.5 Å². The highest BCUT2D eigenvalue weighted by atomic mass is 35.5.